The molecule has 1 amide bonds. The summed E-state index contributed by atoms with van der Waals surface area (Å²) in [6.45, 7) is 5.00. The van der Waals surface area contributed by atoms with Gasteiger partial charge in [-0.05, 0) is 37.6 Å². The van der Waals surface area contributed by atoms with E-state index in [1.807, 2.05) is 73.1 Å². The second-order valence-electron chi connectivity index (χ2n) is 7.17. The van der Waals surface area contributed by atoms with Crippen LogP contribution in [0.1, 0.15) is 28.1 Å². The summed E-state index contributed by atoms with van der Waals surface area (Å²) >= 11 is 6.28. The van der Waals surface area contributed by atoms with Crippen molar-refractivity contribution in [2.75, 3.05) is 14.2 Å². The maximum Gasteiger partial charge on any atom is 0.246 e. The van der Waals surface area contributed by atoms with Crippen molar-refractivity contribution in [3.05, 3.63) is 87.7 Å². The lowest BCUT2D eigenvalue weighted by Gasteiger charge is -2.17. The summed E-state index contributed by atoms with van der Waals surface area (Å²) in [5.41, 5.74) is 4.78. The SMILES string of the molecule is COc1ccccc1CN(C)C(=O)C=Cc1c(C)nn(Cc2ccccc2Cl)c1C. The number of carbonyl (C=O) groups excluding carboxylic acids is 1. The Morgan fingerprint density at radius 3 is 2.50 bits per heavy atom. The van der Waals surface area contributed by atoms with Gasteiger partial charge >= 0.3 is 0 Å². The second-order valence-corrected chi connectivity index (χ2v) is 7.58. The van der Waals surface area contributed by atoms with Crippen LogP contribution in [-0.2, 0) is 17.9 Å². The van der Waals surface area contributed by atoms with Gasteiger partial charge in [-0.2, -0.15) is 5.10 Å². The summed E-state index contributed by atoms with van der Waals surface area (Å²) in [7, 11) is 3.41. The van der Waals surface area contributed by atoms with Gasteiger partial charge in [0.25, 0.3) is 0 Å². The van der Waals surface area contributed by atoms with Crippen molar-refractivity contribution >= 4 is 23.6 Å². The Hall–Kier alpha value is -3.05. The summed E-state index contributed by atoms with van der Waals surface area (Å²) < 4.78 is 7.29. The Morgan fingerprint density at radius 1 is 1.13 bits per heavy atom. The first-order valence-corrected chi connectivity index (χ1v) is 10.1. The molecular formula is C24H26ClN3O2. The van der Waals surface area contributed by atoms with E-state index in [9.17, 15) is 4.79 Å². The molecule has 0 bridgehead atoms. The highest BCUT2D eigenvalue weighted by Crippen LogP contribution is 2.21. The Balaban J connectivity index is 1.73. The molecule has 0 aliphatic carbocycles. The van der Waals surface area contributed by atoms with Gasteiger partial charge in [0.15, 0.2) is 0 Å². The van der Waals surface area contributed by atoms with E-state index in [1.165, 1.54) is 0 Å². The molecule has 0 N–H and O–H groups in total. The third kappa shape index (κ3) is 4.92. The minimum absolute atomic E-state index is 0.0847. The summed E-state index contributed by atoms with van der Waals surface area (Å²) in [5, 5.41) is 5.34. The molecule has 30 heavy (non-hydrogen) atoms. The number of para-hydroxylation sites is 1. The molecule has 3 aromatic rings. The van der Waals surface area contributed by atoms with Crippen LogP contribution in [0, 0.1) is 13.8 Å². The van der Waals surface area contributed by atoms with Gasteiger partial charge in [-0.1, -0.05) is 48.0 Å². The van der Waals surface area contributed by atoms with Gasteiger partial charge in [-0.3, -0.25) is 9.48 Å². The van der Waals surface area contributed by atoms with Crippen molar-refractivity contribution < 1.29 is 9.53 Å². The number of amides is 1. The summed E-state index contributed by atoms with van der Waals surface area (Å²) in [4.78, 5) is 14.3. The van der Waals surface area contributed by atoms with Gasteiger partial charge in [0.05, 0.1) is 19.3 Å². The van der Waals surface area contributed by atoms with Crippen molar-refractivity contribution in [3.63, 3.8) is 0 Å². The summed E-state index contributed by atoms with van der Waals surface area (Å²) in [6.07, 6.45) is 3.42. The molecule has 0 saturated carbocycles. The Kier molecular flexibility index (Phi) is 6.95. The number of carbonyl (C=O) groups is 1. The zero-order valence-electron chi connectivity index (χ0n) is 17.7. The van der Waals surface area contributed by atoms with Crippen LogP contribution in [0.5, 0.6) is 5.75 Å². The van der Waals surface area contributed by atoms with Crippen molar-refractivity contribution in [1.82, 2.24) is 14.7 Å². The number of likely N-dealkylation sites (N-methyl/N-ethyl adjacent to an activating group) is 1. The van der Waals surface area contributed by atoms with Crippen LogP contribution in [0.25, 0.3) is 6.08 Å². The topological polar surface area (TPSA) is 47.4 Å². The molecule has 3 rings (SSSR count). The average Bonchev–Trinajstić information content (AvgIpc) is 3.00. The van der Waals surface area contributed by atoms with Gasteiger partial charge in [-0.25, -0.2) is 0 Å². The molecule has 2 aromatic carbocycles. The summed E-state index contributed by atoms with van der Waals surface area (Å²) in [6, 6.07) is 15.4. The minimum atomic E-state index is -0.0847. The zero-order chi connectivity index (χ0) is 21.7. The first kappa shape index (κ1) is 21.7. The van der Waals surface area contributed by atoms with Crippen LogP contribution in [0.15, 0.2) is 54.6 Å². The van der Waals surface area contributed by atoms with E-state index in [1.54, 1.807) is 25.1 Å². The normalized spacial score (nSPS) is 11.1. The van der Waals surface area contributed by atoms with E-state index in [0.717, 1.165) is 38.9 Å². The number of methoxy groups -OCH3 is 1. The van der Waals surface area contributed by atoms with Crippen molar-refractivity contribution in [3.8, 4) is 5.75 Å². The largest absolute Gasteiger partial charge is 0.496 e. The molecule has 1 aromatic heterocycles. The number of hydrogen-bond donors (Lipinski definition) is 0. The van der Waals surface area contributed by atoms with Crippen LogP contribution in [0.4, 0.5) is 0 Å². The molecule has 1 heterocycles. The highest BCUT2D eigenvalue weighted by atomic mass is 35.5. The zero-order valence-corrected chi connectivity index (χ0v) is 18.5. The monoisotopic (exact) mass is 423 g/mol. The number of rotatable bonds is 7. The molecule has 6 heteroatoms. The Morgan fingerprint density at radius 2 is 1.80 bits per heavy atom. The first-order chi connectivity index (χ1) is 14.4. The maximum atomic E-state index is 12.6. The predicted molar refractivity (Wildman–Crippen MR) is 121 cm³/mol. The van der Waals surface area contributed by atoms with Crippen LogP contribution in [-0.4, -0.2) is 34.7 Å². The lowest BCUT2D eigenvalue weighted by Crippen LogP contribution is -2.24. The van der Waals surface area contributed by atoms with Gasteiger partial charge < -0.3 is 9.64 Å². The molecular weight excluding hydrogens is 398 g/mol. The highest BCUT2D eigenvalue weighted by Gasteiger charge is 2.13. The van der Waals surface area contributed by atoms with E-state index >= 15 is 0 Å². The van der Waals surface area contributed by atoms with Gasteiger partial charge in [-0.15, -0.1) is 0 Å². The molecule has 0 fully saturated rings. The Bertz CT molecular complexity index is 1070. The van der Waals surface area contributed by atoms with E-state index in [2.05, 4.69) is 5.10 Å². The number of aryl methyl sites for hydroxylation is 1. The lowest BCUT2D eigenvalue weighted by molar-refractivity contribution is -0.125. The molecule has 0 aliphatic rings. The van der Waals surface area contributed by atoms with E-state index < -0.39 is 0 Å². The molecule has 0 atom stereocenters. The number of aromatic nitrogens is 2. The van der Waals surface area contributed by atoms with Crippen LogP contribution < -0.4 is 4.74 Å². The predicted octanol–water partition coefficient (Wildman–Crippen LogP) is 4.88. The fourth-order valence-corrected chi connectivity index (χ4v) is 3.54. The highest BCUT2D eigenvalue weighted by molar-refractivity contribution is 6.31. The number of ether oxygens (including phenoxy) is 1. The van der Waals surface area contributed by atoms with E-state index in [0.29, 0.717) is 13.1 Å². The molecule has 0 spiro atoms. The fourth-order valence-electron chi connectivity index (χ4n) is 3.34. The number of nitrogens with zero attached hydrogens (tertiary/aromatic N) is 3. The molecule has 0 radical (unpaired) electrons. The van der Waals surface area contributed by atoms with Gasteiger partial charge in [0, 0.05) is 41.5 Å². The third-order valence-corrected chi connectivity index (χ3v) is 5.45. The fraction of sp³-hybridized carbons (Fsp3) is 0.250. The van der Waals surface area contributed by atoms with Crippen molar-refractivity contribution in [2.24, 2.45) is 0 Å². The van der Waals surface area contributed by atoms with Crippen molar-refractivity contribution in [1.29, 1.82) is 0 Å². The van der Waals surface area contributed by atoms with Gasteiger partial charge in [0.2, 0.25) is 5.91 Å². The number of hydrogen-bond acceptors (Lipinski definition) is 3. The quantitative estimate of drug-likeness (QED) is 0.509. The lowest BCUT2D eigenvalue weighted by atomic mass is 10.1. The van der Waals surface area contributed by atoms with Crippen LogP contribution >= 0.6 is 11.6 Å². The van der Waals surface area contributed by atoms with Crippen molar-refractivity contribution in [2.45, 2.75) is 26.9 Å². The maximum absolute atomic E-state index is 12.6. The number of halogens is 1. The van der Waals surface area contributed by atoms with E-state index in [4.69, 9.17) is 16.3 Å². The molecule has 0 unspecified atom stereocenters. The standard InChI is InChI=1S/C24H26ClN3O2/c1-17-21(18(2)28(26-17)16-19-9-5-7-11-22(19)25)13-14-24(29)27(3)15-20-10-6-8-12-23(20)30-4/h5-14H,15-16H2,1-4H3. The minimum Gasteiger partial charge on any atom is -0.496 e. The number of benzene rings is 2. The van der Waals surface area contributed by atoms with E-state index in [-0.39, 0.29) is 5.91 Å². The average molecular weight is 424 g/mol. The van der Waals surface area contributed by atoms with Gasteiger partial charge in [0.1, 0.15) is 5.75 Å². The second kappa shape index (κ2) is 9.63. The van der Waals surface area contributed by atoms with Crippen LogP contribution in [0.3, 0.4) is 0 Å². The third-order valence-electron chi connectivity index (χ3n) is 5.08. The molecule has 0 aliphatic heterocycles. The van der Waals surface area contributed by atoms with Crippen LogP contribution in [0.2, 0.25) is 5.02 Å². The molecule has 0 saturated heterocycles. The first-order valence-electron chi connectivity index (χ1n) is 9.73. The Labute approximate surface area is 182 Å². The summed E-state index contributed by atoms with van der Waals surface area (Å²) in [5.74, 6) is 0.687. The molecule has 156 valence electrons. The smallest absolute Gasteiger partial charge is 0.246 e. The molecule has 5 nitrogen and oxygen atoms in total.